The van der Waals surface area contributed by atoms with Gasteiger partial charge in [-0.25, -0.2) is 19.3 Å². The Kier molecular flexibility index (Phi) is 7.38. The van der Waals surface area contributed by atoms with Crippen LogP contribution in [-0.2, 0) is 12.7 Å². The lowest BCUT2D eigenvalue weighted by Gasteiger charge is -2.33. The summed E-state index contributed by atoms with van der Waals surface area (Å²) < 4.78 is 55.7. The van der Waals surface area contributed by atoms with Gasteiger partial charge in [0.25, 0.3) is 0 Å². The zero-order valence-electron chi connectivity index (χ0n) is 21.1. The number of nitrogen functional groups attached to an aromatic ring is 1. The fraction of sp³-hybridized carbons (Fsp3) is 0.444. The van der Waals surface area contributed by atoms with Crippen LogP contribution in [0.5, 0.6) is 0 Å². The average molecular weight is 530 g/mol. The van der Waals surface area contributed by atoms with Crippen molar-refractivity contribution in [2.45, 2.75) is 44.3 Å². The summed E-state index contributed by atoms with van der Waals surface area (Å²) in [4.78, 5) is 17.9. The van der Waals surface area contributed by atoms with Crippen LogP contribution in [0.1, 0.15) is 48.6 Å². The normalized spacial score (nSPS) is 17.3. The molecule has 0 saturated carbocycles. The number of nitrogens with zero attached hydrogens (tertiary/aromatic N) is 6. The van der Waals surface area contributed by atoms with Crippen LogP contribution < -0.4 is 10.6 Å². The number of hydrogen-bond acceptors (Lipinski definition) is 6. The number of rotatable bonds is 7. The number of nitrogens with two attached hydrogens (primary N) is 1. The molecule has 5 rings (SSSR count). The largest absolute Gasteiger partial charge is 0.419 e. The third-order valence-electron chi connectivity index (χ3n) is 7.49. The molecule has 2 N–H and O–H groups in total. The van der Waals surface area contributed by atoms with Gasteiger partial charge in [0.15, 0.2) is 0 Å². The van der Waals surface area contributed by atoms with E-state index in [9.17, 15) is 17.6 Å². The Morgan fingerprint density at radius 3 is 2.45 bits per heavy atom. The van der Waals surface area contributed by atoms with E-state index in [0.29, 0.717) is 29.2 Å². The second-order valence-corrected chi connectivity index (χ2v) is 9.88. The highest BCUT2D eigenvalue weighted by Gasteiger charge is 2.34. The molecule has 3 aromatic rings. The second-order valence-electron chi connectivity index (χ2n) is 9.88. The van der Waals surface area contributed by atoms with E-state index in [-0.39, 0.29) is 5.92 Å². The molecule has 2 fully saturated rings. The van der Waals surface area contributed by atoms with Crippen LogP contribution in [0.25, 0.3) is 17.3 Å². The van der Waals surface area contributed by atoms with Crippen LogP contribution >= 0.6 is 0 Å². The first-order valence-electron chi connectivity index (χ1n) is 12.9. The molecule has 2 aliphatic heterocycles. The van der Waals surface area contributed by atoms with E-state index in [2.05, 4.69) is 30.9 Å². The molecule has 2 aromatic heterocycles. The highest BCUT2D eigenvalue weighted by molar-refractivity contribution is 5.71. The first-order chi connectivity index (χ1) is 18.2. The number of likely N-dealkylation sites (tertiary alicyclic amines) is 1. The number of alkyl halides is 3. The second kappa shape index (κ2) is 10.7. The molecule has 2 saturated heterocycles. The van der Waals surface area contributed by atoms with Gasteiger partial charge in [-0.1, -0.05) is 18.7 Å². The lowest BCUT2D eigenvalue weighted by Crippen LogP contribution is -2.35. The average Bonchev–Trinajstić information content (AvgIpc) is 3.57. The molecule has 0 bridgehead atoms. The molecule has 7 nitrogen and oxygen atoms in total. The molecule has 202 valence electrons. The Labute approximate surface area is 219 Å². The first-order valence-corrected chi connectivity index (χ1v) is 12.9. The summed E-state index contributed by atoms with van der Waals surface area (Å²) in [7, 11) is 0. The Hall–Kier alpha value is -3.47. The summed E-state index contributed by atoms with van der Waals surface area (Å²) in [5.41, 5.74) is 6.26. The lowest BCUT2D eigenvalue weighted by molar-refractivity contribution is -0.139. The van der Waals surface area contributed by atoms with Crippen molar-refractivity contribution in [1.82, 2.24) is 24.4 Å². The van der Waals surface area contributed by atoms with Gasteiger partial charge in [-0.3, -0.25) is 0 Å². The van der Waals surface area contributed by atoms with Gasteiger partial charge >= 0.3 is 6.18 Å². The minimum atomic E-state index is -4.74. The zero-order valence-corrected chi connectivity index (χ0v) is 21.1. The van der Waals surface area contributed by atoms with Crippen LogP contribution in [0, 0.1) is 5.82 Å². The Morgan fingerprint density at radius 2 is 1.79 bits per heavy atom. The third-order valence-corrected chi connectivity index (χ3v) is 7.49. The maximum Gasteiger partial charge on any atom is 0.419 e. The fourth-order valence-electron chi connectivity index (χ4n) is 5.43. The summed E-state index contributed by atoms with van der Waals surface area (Å²) in [6, 6.07) is 3.01. The number of benzene rings is 1. The van der Waals surface area contributed by atoms with E-state index in [0.717, 1.165) is 69.3 Å². The monoisotopic (exact) mass is 529 g/mol. The summed E-state index contributed by atoms with van der Waals surface area (Å²) >= 11 is 0. The first kappa shape index (κ1) is 26.1. The van der Waals surface area contributed by atoms with Gasteiger partial charge in [0.1, 0.15) is 29.6 Å². The third kappa shape index (κ3) is 5.38. The minimum absolute atomic E-state index is 0.143. The van der Waals surface area contributed by atoms with E-state index in [1.54, 1.807) is 6.08 Å². The molecule has 11 heteroatoms. The maximum atomic E-state index is 14.3. The zero-order chi connectivity index (χ0) is 26.9. The number of hydrogen-bond donors (Lipinski definition) is 1. The molecular formula is C27H31F4N7. The van der Waals surface area contributed by atoms with Crippen LogP contribution in [0.4, 0.5) is 29.2 Å². The molecule has 0 radical (unpaired) electrons. The van der Waals surface area contributed by atoms with Crippen molar-refractivity contribution >= 4 is 17.7 Å². The molecule has 0 unspecified atom stereocenters. The molecule has 0 atom stereocenters. The molecule has 4 heterocycles. The van der Waals surface area contributed by atoms with E-state index in [1.807, 2.05) is 6.20 Å². The molecular weight excluding hydrogens is 498 g/mol. The number of aromatic nitrogens is 4. The highest BCUT2D eigenvalue weighted by Crippen LogP contribution is 2.36. The molecule has 1 aromatic carbocycles. The van der Waals surface area contributed by atoms with Crippen LogP contribution in [0.3, 0.4) is 0 Å². The van der Waals surface area contributed by atoms with Gasteiger partial charge in [0.2, 0.25) is 0 Å². The van der Waals surface area contributed by atoms with Gasteiger partial charge in [-0.15, -0.1) is 0 Å². The molecule has 2 aliphatic rings. The smallest absolute Gasteiger partial charge is 0.383 e. The van der Waals surface area contributed by atoms with Gasteiger partial charge in [0.05, 0.1) is 16.8 Å². The SMILES string of the molecule is C=Cc1c(N)ncnc1N1CCC(c2nc(-c3ccc(C(F)(F)F)c(F)c3)cn2CCN2CCCC2)CC1. The lowest BCUT2D eigenvalue weighted by atomic mass is 9.95. The number of imidazole rings is 1. The van der Waals surface area contributed by atoms with Gasteiger partial charge < -0.3 is 20.1 Å². The summed E-state index contributed by atoms with van der Waals surface area (Å²) in [6.45, 7) is 9.00. The van der Waals surface area contributed by atoms with Crippen molar-refractivity contribution in [3.63, 3.8) is 0 Å². The number of anilines is 2. The quantitative estimate of drug-likeness (QED) is 0.424. The number of piperidine rings is 1. The number of halogens is 4. The molecule has 0 spiro atoms. The fourth-order valence-corrected chi connectivity index (χ4v) is 5.43. The summed E-state index contributed by atoms with van der Waals surface area (Å²) in [5.74, 6) is 0.871. The van der Waals surface area contributed by atoms with Crippen LogP contribution in [0.2, 0.25) is 0 Å². The van der Waals surface area contributed by atoms with E-state index in [4.69, 9.17) is 10.7 Å². The predicted molar refractivity (Wildman–Crippen MR) is 139 cm³/mol. The Bertz CT molecular complexity index is 1290. The van der Waals surface area contributed by atoms with Crippen LogP contribution in [0.15, 0.2) is 37.3 Å². The van der Waals surface area contributed by atoms with Crippen molar-refractivity contribution in [3.8, 4) is 11.3 Å². The van der Waals surface area contributed by atoms with E-state index >= 15 is 0 Å². The molecule has 0 amide bonds. The standard InChI is InChI=1S/C27H31F4N7/c1-2-20-24(32)33-17-34-26(20)37-11-7-18(8-12-37)25-35-23(16-38(25)14-13-36-9-3-4-10-36)19-5-6-21(22(28)15-19)27(29,30)31/h2,5-6,15-18H,1,3-4,7-14H2,(H2,32,33,34). The Balaban J connectivity index is 1.39. The van der Waals surface area contributed by atoms with Crippen molar-refractivity contribution < 1.29 is 17.6 Å². The molecule has 38 heavy (non-hydrogen) atoms. The van der Waals surface area contributed by atoms with Gasteiger partial charge in [0, 0.05) is 43.9 Å². The van der Waals surface area contributed by atoms with E-state index < -0.39 is 17.6 Å². The molecule has 0 aliphatic carbocycles. The maximum absolute atomic E-state index is 14.3. The van der Waals surface area contributed by atoms with Crippen LogP contribution in [-0.4, -0.2) is 57.1 Å². The Morgan fingerprint density at radius 1 is 1.05 bits per heavy atom. The highest BCUT2D eigenvalue weighted by atomic mass is 19.4. The summed E-state index contributed by atoms with van der Waals surface area (Å²) in [6.07, 6.45) is 4.21. The van der Waals surface area contributed by atoms with Crippen molar-refractivity contribution in [1.29, 1.82) is 0 Å². The van der Waals surface area contributed by atoms with E-state index in [1.165, 1.54) is 25.2 Å². The topological polar surface area (TPSA) is 76.1 Å². The van der Waals surface area contributed by atoms with Crippen molar-refractivity contribution in [2.24, 2.45) is 0 Å². The van der Waals surface area contributed by atoms with Crippen molar-refractivity contribution in [3.05, 3.63) is 60.1 Å². The van der Waals surface area contributed by atoms with Crippen molar-refractivity contribution in [2.75, 3.05) is 43.4 Å². The predicted octanol–water partition coefficient (Wildman–Crippen LogP) is 5.20. The van der Waals surface area contributed by atoms with Gasteiger partial charge in [-0.05, 0) is 50.9 Å². The minimum Gasteiger partial charge on any atom is -0.383 e. The summed E-state index contributed by atoms with van der Waals surface area (Å²) in [5, 5.41) is 0. The van der Waals surface area contributed by atoms with Gasteiger partial charge in [-0.2, -0.15) is 13.2 Å².